The maximum atomic E-state index is 9.15. The van der Waals surface area contributed by atoms with Crippen molar-refractivity contribution in [3.8, 4) is 11.3 Å². The minimum absolute atomic E-state index is 0.232. The first-order chi connectivity index (χ1) is 14.5. The van der Waals surface area contributed by atoms with Crippen molar-refractivity contribution in [2.75, 3.05) is 18.5 Å². The highest BCUT2D eigenvalue weighted by Crippen LogP contribution is 2.30. The van der Waals surface area contributed by atoms with Crippen LogP contribution in [0.4, 0.5) is 11.6 Å². The van der Waals surface area contributed by atoms with E-state index < -0.39 is 0 Å². The van der Waals surface area contributed by atoms with Crippen molar-refractivity contribution >= 4 is 11.6 Å². The van der Waals surface area contributed by atoms with Crippen LogP contribution in [0.5, 0.6) is 0 Å². The van der Waals surface area contributed by atoms with Crippen molar-refractivity contribution in [1.82, 2.24) is 25.1 Å². The molecule has 0 fully saturated rings. The van der Waals surface area contributed by atoms with Crippen LogP contribution in [0.3, 0.4) is 0 Å². The van der Waals surface area contributed by atoms with Gasteiger partial charge in [-0.25, -0.2) is 9.97 Å². The average Bonchev–Trinajstić information content (AvgIpc) is 3.24. The summed E-state index contributed by atoms with van der Waals surface area (Å²) < 4.78 is 1.94. The highest BCUT2D eigenvalue weighted by atomic mass is 16.2. The maximum Gasteiger partial charge on any atom is 0.227 e. The molecule has 7 heteroatoms. The zero-order valence-electron chi connectivity index (χ0n) is 17.9. The van der Waals surface area contributed by atoms with Gasteiger partial charge in [0.2, 0.25) is 5.95 Å². The summed E-state index contributed by atoms with van der Waals surface area (Å²) in [6.45, 7) is 7.42. The summed E-state index contributed by atoms with van der Waals surface area (Å²) in [5.41, 5.74) is 6.57. The Balaban J connectivity index is 1.56. The van der Waals surface area contributed by atoms with Crippen LogP contribution in [0.15, 0.2) is 36.8 Å². The first-order valence-electron chi connectivity index (χ1n) is 10.7. The number of benzene rings is 1. The Morgan fingerprint density at radius 2 is 2.17 bits per heavy atom. The zero-order valence-corrected chi connectivity index (χ0v) is 17.9. The van der Waals surface area contributed by atoms with Gasteiger partial charge in [0.15, 0.2) is 0 Å². The van der Waals surface area contributed by atoms with Gasteiger partial charge in [-0.15, -0.1) is 0 Å². The Labute approximate surface area is 177 Å². The molecule has 158 valence electrons. The molecule has 0 amide bonds. The van der Waals surface area contributed by atoms with Gasteiger partial charge < -0.3 is 15.7 Å². The second-order valence-corrected chi connectivity index (χ2v) is 8.19. The SMILES string of the molecule is Cc1cnc(Nc2ccc3c(c2)CCNC3CCCO)nc1-c1cnn(C(C)C)c1. The second-order valence-electron chi connectivity index (χ2n) is 8.19. The van der Waals surface area contributed by atoms with E-state index in [0.29, 0.717) is 18.0 Å². The summed E-state index contributed by atoms with van der Waals surface area (Å²) in [7, 11) is 0. The Bertz CT molecular complexity index is 1010. The molecule has 1 unspecified atom stereocenters. The zero-order chi connectivity index (χ0) is 21.1. The summed E-state index contributed by atoms with van der Waals surface area (Å²) in [5, 5.41) is 20.5. The molecule has 2 aromatic heterocycles. The van der Waals surface area contributed by atoms with E-state index >= 15 is 0 Å². The van der Waals surface area contributed by atoms with E-state index in [4.69, 9.17) is 10.1 Å². The highest BCUT2D eigenvalue weighted by molar-refractivity contribution is 5.64. The lowest BCUT2D eigenvalue weighted by molar-refractivity contribution is 0.274. The summed E-state index contributed by atoms with van der Waals surface area (Å²) >= 11 is 0. The summed E-state index contributed by atoms with van der Waals surface area (Å²) in [4.78, 5) is 9.24. The molecule has 0 aliphatic carbocycles. The van der Waals surface area contributed by atoms with Crippen molar-refractivity contribution in [2.24, 2.45) is 0 Å². The number of hydrogen-bond acceptors (Lipinski definition) is 6. The molecule has 0 saturated heterocycles. The molecule has 1 atom stereocenters. The summed E-state index contributed by atoms with van der Waals surface area (Å²) in [6.07, 6.45) is 8.49. The Morgan fingerprint density at radius 1 is 1.30 bits per heavy atom. The van der Waals surface area contributed by atoms with Crippen LogP contribution in [-0.2, 0) is 6.42 Å². The number of aromatic nitrogens is 4. The van der Waals surface area contributed by atoms with Crippen LogP contribution in [0, 0.1) is 6.92 Å². The topological polar surface area (TPSA) is 87.9 Å². The van der Waals surface area contributed by atoms with Gasteiger partial charge in [0.25, 0.3) is 0 Å². The Hall–Kier alpha value is -2.77. The first-order valence-corrected chi connectivity index (χ1v) is 10.7. The molecular formula is C23H30N6O. The molecule has 4 rings (SSSR count). The van der Waals surface area contributed by atoms with Crippen LogP contribution < -0.4 is 10.6 Å². The van der Waals surface area contributed by atoms with Gasteiger partial charge in [0, 0.05) is 42.3 Å². The van der Waals surface area contributed by atoms with Gasteiger partial charge in [-0.05, 0) is 75.4 Å². The number of nitrogens with zero attached hydrogens (tertiary/aromatic N) is 4. The van der Waals surface area contributed by atoms with Crippen LogP contribution in [-0.4, -0.2) is 38.0 Å². The third-order valence-corrected chi connectivity index (χ3v) is 5.59. The molecular weight excluding hydrogens is 376 g/mol. The monoisotopic (exact) mass is 406 g/mol. The van der Waals surface area contributed by atoms with Gasteiger partial charge in [-0.3, -0.25) is 4.68 Å². The number of nitrogens with one attached hydrogen (secondary N) is 2. The van der Waals surface area contributed by atoms with Crippen LogP contribution in [0.1, 0.15) is 55.5 Å². The Morgan fingerprint density at radius 3 is 2.93 bits per heavy atom. The van der Waals surface area contributed by atoms with Crippen LogP contribution in [0.25, 0.3) is 11.3 Å². The fourth-order valence-corrected chi connectivity index (χ4v) is 3.95. The maximum absolute atomic E-state index is 9.15. The van der Waals surface area contributed by atoms with Crippen molar-refractivity contribution < 1.29 is 5.11 Å². The van der Waals surface area contributed by atoms with Gasteiger partial charge in [-0.2, -0.15) is 5.10 Å². The summed E-state index contributed by atoms with van der Waals surface area (Å²) in [6, 6.07) is 7.08. The number of rotatable bonds is 7. The molecule has 0 radical (unpaired) electrons. The first kappa shape index (κ1) is 20.5. The lowest BCUT2D eigenvalue weighted by Crippen LogP contribution is -2.30. The molecule has 1 aliphatic heterocycles. The van der Waals surface area contributed by atoms with E-state index in [-0.39, 0.29) is 6.61 Å². The number of aryl methyl sites for hydroxylation is 1. The smallest absolute Gasteiger partial charge is 0.227 e. The van der Waals surface area contributed by atoms with Crippen molar-refractivity contribution in [1.29, 1.82) is 0 Å². The minimum Gasteiger partial charge on any atom is -0.396 e. The molecule has 7 nitrogen and oxygen atoms in total. The minimum atomic E-state index is 0.232. The normalized spacial score (nSPS) is 16.0. The third kappa shape index (κ3) is 4.37. The molecule has 0 bridgehead atoms. The van der Waals surface area contributed by atoms with E-state index in [0.717, 1.165) is 48.3 Å². The number of fused-ring (bicyclic) bond motifs is 1. The Kier molecular flexibility index (Phi) is 6.11. The molecule has 1 aromatic carbocycles. The number of anilines is 2. The molecule has 0 spiro atoms. The van der Waals surface area contributed by atoms with Gasteiger partial charge >= 0.3 is 0 Å². The van der Waals surface area contributed by atoms with Crippen molar-refractivity contribution in [3.63, 3.8) is 0 Å². The molecule has 3 aromatic rings. The van der Waals surface area contributed by atoms with E-state index in [1.165, 1.54) is 11.1 Å². The van der Waals surface area contributed by atoms with E-state index in [1.807, 2.05) is 30.2 Å². The molecule has 3 N–H and O–H groups in total. The summed E-state index contributed by atoms with van der Waals surface area (Å²) in [5.74, 6) is 0.582. The molecule has 1 aliphatic rings. The fraction of sp³-hybridized carbons (Fsp3) is 0.435. The van der Waals surface area contributed by atoms with Crippen molar-refractivity contribution in [3.05, 3.63) is 53.5 Å². The number of aliphatic hydroxyl groups is 1. The van der Waals surface area contributed by atoms with Crippen LogP contribution >= 0.6 is 0 Å². The van der Waals surface area contributed by atoms with Crippen LogP contribution in [0.2, 0.25) is 0 Å². The molecule has 0 saturated carbocycles. The lowest BCUT2D eigenvalue weighted by Gasteiger charge is -2.27. The van der Waals surface area contributed by atoms with Gasteiger partial charge in [0.1, 0.15) is 0 Å². The van der Waals surface area contributed by atoms with Gasteiger partial charge in [0.05, 0.1) is 11.9 Å². The number of hydrogen-bond donors (Lipinski definition) is 3. The molecule has 30 heavy (non-hydrogen) atoms. The van der Waals surface area contributed by atoms with E-state index in [9.17, 15) is 0 Å². The number of aliphatic hydroxyl groups excluding tert-OH is 1. The van der Waals surface area contributed by atoms with E-state index in [1.54, 1.807) is 0 Å². The fourth-order valence-electron chi connectivity index (χ4n) is 3.95. The average molecular weight is 407 g/mol. The second kappa shape index (κ2) is 8.93. The lowest BCUT2D eigenvalue weighted by atomic mass is 9.91. The predicted octanol–water partition coefficient (Wildman–Crippen LogP) is 3.93. The molecule has 3 heterocycles. The highest BCUT2D eigenvalue weighted by Gasteiger charge is 2.19. The van der Waals surface area contributed by atoms with Gasteiger partial charge in [-0.1, -0.05) is 6.07 Å². The van der Waals surface area contributed by atoms with Crippen molar-refractivity contribution in [2.45, 2.75) is 52.1 Å². The van der Waals surface area contributed by atoms with E-state index in [2.05, 4.69) is 52.8 Å². The quantitative estimate of drug-likeness (QED) is 0.551. The third-order valence-electron chi connectivity index (χ3n) is 5.59. The standard InChI is InChI=1S/C23H30N6O/c1-15(2)29-14-18(13-26-29)22-16(3)12-25-23(28-22)27-19-6-7-20-17(11-19)8-9-24-21(20)5-4-10-30/h6-7,11-15,21,24,30H,4-5,8-10H2,1-3H3,(H,25,27,28). The largest absolute Gasteiger partial charge is 0.396 e. The predicted molar refractivity (Wildman–Crippen MR) is 119 cm³/mol.